The number of hydrogen-bond acceptors (Lipinski definition) is 6. The second-order valence-electron chi connectivity index (χ2n) is 7.16. The summed E-state index contributed by atoms with van der Waals surface area (Å²) >= 11 is 1.29. The lowest BCUT2D eigenvalue weighted by Crippen LogP contribution is -2.24. The van der Waals surface area contributed by atoms with E-state index in [4.69, 9.17) is 5.21 Å². The molecule has 10 heteroatoms. The molecule has 0 atom stereocenters. The zero-order valence-corrected chi connectivity index (χ0v) is 17.6. The molecule has 0 saturated heterocycles. The molecule has 2 amide bonds. The number of nitrogens with zero attached hydrogens (tertiary/aromatic N) is 2. The fraction of sp³-hybridized carbons (Fsp3) is 0.182. The lowest BCUT2D eigenvalue weighted by molar-refractivity contribution is -0.129. The number of aromatic nitrogens is 2. The molecule has 0 aliphatic carbocycles. The first-order valence-corrected chi connectivity index (χ1v) is 10.7. The van der Waals surface area contributed by atoms with Crippen molar-refractivity contribution in [2.45, 2.75) is 25.8 Å². The second-order valence-corrected chi connectivity index (χ2v) is 8.19. The molecule has 0 saturated carbocycles. The maximum Gasteiger partial charge on any atom is 0.262 e. The van der Waals surface area contributed by atoms with Crippen LogP contribution in [0.25, 0.3) is 21.1 Å². The van der Waals surface area contributed by atoms with E-state index >= 15 is 0 Å². The van der Waals surface area contributed by atoms with Gasteiger partial charge in [0.05, 0.1) is 15.7 Å². The Hall–Kier alpha value is -3.63. The third-order valence-electron chi connectivity index (χ3n) is 4.98. The van der Waals surface area contributed by atoms with Crippen molar-refractivity contribution >= 4 is 49.4 Å². The smallest absolute Gasteiger partial charge is 0.262 e. The molecule has 0 aliphatic rings. The van der Waals surface area contributed by atoms with Gasteiger partial charge >= 0.3 is 0 Å². The van der Waals surface area contributed by atoms with Crippen molar-refractivity contribution in [3.05, 3.63) is 70.3 Å². The number of amides is 2. The van der Waals surface area contributed by atoms with Gasteiger partial charge in [0.2, 0.25) is 11.3 Å². The highest BCUT2D eigenvalue weighted by Crippen LogP contribution is 2.25. The summed E-state index contributed by atoms with van der Waals surface area (Å²) in [6, 6.07) is 11.3. The van der Waals surface area contributed by atoms with E-state index in [9.17, 15) is 18.8 Å². The number of thiazole rings is 1. The molecule has 0 fully saturated rings. The van der Waals surface area contributed by atoms with Crippen LogP contribution in [0.3, 0.4) is 0 Å². The van der Waals surface area contributed by atoms with Crippen molar-refractivity contribution in [3.63, 3.8) is 0 Å². The van der Waals surface area contributed by atoms with Crippen molar-refractivity contribution in [3.8, 4) is 0 Å². The molecule has 0 bridgehead atoms. The number of aryl methyl sites for hydroxylation is 1. The maximum absolute atomic E-state index is 13.9. The second kappa shape index (κ2) is 9.25. The zero-order valence-electron chi connectivity index (χ0n) is 16.8. The fourth-order valence-corrected chi connectivity index (χ4v) is 4.29. The lowest BCUT2D eigenvalue weighted by Gasteiger charge is -2.13. The minimum absolute atomic E-state index is 0.0926. The Labute approximate surface area is 185 Å². The number of hydroxylamine groups is 1. The number of nitrogens with one attached hydrogen (secondary N) is 2. The van der Waals surface area contributed by atoms with Gasteiger partial charge in [-0.15, -0.1) is 0 Å². The SMILES string of the molecule is O=C(CCCCn1cc(C(=O)Nc2nc3ccccc3s2)c(=O)c2cc(F)ccc21)NO. The van der Waals surface area contributed by atoms with Crippen LogP contribution in [-0.2, 0) is 11.3 Å². The molecule has 8 nitrogen and oxygen atoms in total. The van der Waals surface area contributed by atoms with Crippen LogP contribution in [0.4, 0.5) is 9.52 Å². The van der Waals surface area contributed by atoms with Crippen molar-refractivity contribution in [2.24, 2.45) is 0 Å². The van der Waals surface area contributed by atoms with E-state index in [2.05, 4.69) is 10.3 Å². The normalized spacial score (nSPS) is 11.1. The standard InChI is InChI=1S/C22H19FN4O4S/c23-13-8-9-17-14(11-13)20(29)15(12-27(17)10-4-3-7-19(28)26-31)21(30)25-22-24-16-5-1-2-6-18(16)32-22/h1-2,5-6,8-9,11-12,31H,3-4,7,10H2,(H,26,28)(H,24,25,30). The number of pyridine rings is 1. The number of carbonyl (C=O) groups excluding carboxylic acids is 2. The van der Waals surface area contributed by atoms with Gasteiger partial charge in [-0.2, -0.15) is 0 Å². The summed E-state index contributed by atoms with van der Waals surface area (Å²) in [6.07, 6.45) is 2.60. The molecule has 0 aliphatic heterocycles. The Bertz CT molecular complexity index is 1350. The molecule has 2 aromatic heterocycles. The van der Waals surface area contributed by atoms with Crippen LogP contribution in [0.2, 0.25) is 0 Å². The average molecular weight is 454 g/mol. The average Bonchev–Trinajstić information content (AvgIpc) is 3.20. The Morgan fingerprint density at radius 1 is 1.16 bits per heavy atom. The van der Waals surface area contributed by atoms with Crippen molar-refractivity contribution in [2.75, 3.05) is 5.32 Å². The van der Waals surface area contributed by atoms with Gasteiger partial charge in [-0.05, 0) is 43.2 Å². The van der Waals surface area contributed by atoms with Gasteiger partial charge in [0.15, 0.2) is 5.13 Å². The number of para-hydroxylation sites is 1. The molecule has 0 spiro atoms. The van der Waals surface area contributed by atoms with Crippen molar-refractivity contribution in [1.29, 1.82) is 0 Å². The Morgan fingerprint density at radius 3 is 2.75 bits per heavy atom. The minimum atomic E-state index is -0.631. The predicted octanol–water partition coefficient (Wildman–Crippen LogP) is 3.68. The number of fused-ring (bicyclic) bond motifs is 2. The van der Waals surface area contributed by atoms with Crippen LogP contribution in [0, 0.1) is 5.82 Å². The van der Waals surface area contributed by atoms with E-state index in [0.29, 0.717) is 30.0 Å². The van der Waals surface area contributed by atoms with Gasteiger partial charge < -0.3 is 4.57 Å². The van der Waals surface area contributed by atoms with E-state index in [1.165, 1.54) is 29.7 Å². The quantitative estimate of drug-likeness (QED) is 0.224. The van der Waals surface area contributed by atoms with Crippen LogP contribution in [0.5, 0.6) is 0 Å². The van der Waals surface area contributed by atoms with E-state index in [-0.39, 0.29) is 17.4 Å². The topological polar surface area (TPSA) is 113 Å². The van der Waals surface area contributed by atoms with E-state index in [0.717, 1.165) is 16.3 Å². The number of carbonyl (C=O) groups is 2. The highest BCUT2D eigenvalue weighted by Gasteiger charge is 2.18. The summed E-state index contributed by atoms with van der Waals surface area (Å²) in [5, 5.41) is 11.7. The maximum atomic E-state index is 13.9. The van der Waals surface area contributed by atoms with Crippen LogP contribution < -0.4 is 16.2 Å². The van der Waals surface area contributed by atoms with Crippen molar-refractivity contribution < 1.29 is 19.2 Å². The van der Waals surface area contributed by atoms with Crippen LogP contribution in [0.1, 0.15) is 29.6 Å². The molecule has 32 heavy (non-hydrogen) atoms. The summed E-state index contributed by atoms with van der Waals surface area (Å²) < 4.78 is 16.4. The third-order valence-corrected chi connectivity index (χ3v) is 5.93. The number of anilines is 1. The largest absolute Gasteiger partial charge is 0.346 e. The van der Waals surface area contributed by atoms with Gasteiger partial charge in [0, 0.05) is 24.5 Å². The van der Waals surface area contributed by atoms with Gasteiger partial charge in [0.25, 0.3) is 5.91 Å². The summed E-state index contributed by atoms with van der Waals surface area (Å²) in [6.45, 7) is 0.391. The Kier molecular flexibility index (Phi) is 6.24. The first-order chi connectivity index (χ1) is 15.5. The minimum Gasteiger partial charge on any atom is -0.346 e. The predicted molar refractivity (Wildman–Crippen MR) is 120 cm³/mol. The molecule has 4 rings (SSSR count). The first kappa shape index (κ1) is 21.6. The number of hydrogen-bond donors (Lipinski definition) is 3. The highest BCUT2D eigenvalue weighted by molar-refractivity contribution is 7.22. The van der Waals surface area contributed by atoms with Gasteiger partial charge in [0.1, 0.15) is 11.4 Å². The van der Waals surface area contributed by atoms with E-state index in [1.54, 1.807) is 10.0 Å². The monoisotopic (exact) mass is 454 g/mol. The molecule has 164 valence electrons. The zero-order chi connectivity index (χ0) is 22.7. The number of benzene rings is 2. The highest BCUT2D eigenvalue weighted by atomic mass is 32.1. The van der Waals surface area contributed by atoms with Crippen molar-refractivity contribution in [1.82, 2.24) is 15.0 Å². The third kappa shape index (κ3) is 4.51. The molecular formula is C22H19FN4O4S. The molecule has 2 aromatic carbocycles. The molecule has 4 aromatic rings. The summed E-state index contributed by atoms with van der Waals surface area (Å²) in [4.78, 5) is 41.4. The molecule has 3 N–H and O–H groups in total. The van der Waals surface area contributed by atoms with Crippen LogP contribution >= 0.6 is 11.3 Å². The molecule has 2 heterocycles. The summed E-state index contributed by atoms with van der Waals surface area (Å²) in [5.74, 6) is -1.70. The Morgan fingerprint density at radius 2 is 1.97 bits per heavy atom. The number of rotatable bonds is 7. The van der Waals surface area contributed by atoms with Gasteiger partial charge in [-0.3, -0.25) is 24.9 Å². The number of unbranched alkanes of at least 4 members (excludes halogenated alkanes) is 1. The first-order valence-electron chi connectivity index (χ1n) is 9.89. The van der Waals surface area contributed by atoms with Gasteiger partial charge in [-0.1, -0.05) is 23.5 Å². The Balaban J connectivity index is 1.65. The summed E-state index contributed by atoms with van der Waals surface area (Å²) in [7, 11) is 0. The molecule has 0 radical (unpaired) electrons. The van der Waals surface area contributed by atoms with Crippen LogP contribution in [0.15, 0.2) is 53.5 Å². The van der Waals surface area contributed by atoms with Gasteiger partial charge in [-0.25, -0.2) is 14.9 Å². The van der Waals surface area contributed by atoms with E-state index in [1.807, 2.05) is 24.3 Å². The molecular weight excluding hydrogens is 435 g/mol. The van der Waals surface area contributed by atoms with Crippen LogP contribution in [-0.4, -0.2) is 26.6 Å². The number of halogens is 1. The molecule has 0 unspecified atom stereocenters. The summed E-state index contributed by atoms with van der Waals surface area (Å²) in [5.41, 5.74) is 2.09. The fourth-order valence-electron chi connectivity index (χ4n) is 3.43. The van der Waals surface area contributed by atoms with E-state index < -0.39 is 23.1 Å². The lowest BCUT2D eigenvalue weighted by atomic mass is 10.1.